The maximum atomic E-state index is 14.4. The Morgan fingerprint density at radius 2 is 1.49 bits per heavy atom. The number of benzene rings is 3. The molecule has 5 atom stereocenters. The molecule has 1 unspecified atom stereocenters. The van der Waals surface area contributed by atoms with Crippen LogP contribution in [0.1, 0.15) is 75.0 Å². The summed E-state index contributed by atoms with van der Waals surface area (Å²) in [5.74, 6) is -4.09. The van der Waals surface area contributed by atoms with Gasteiger partial charge < -0.3 is 47.8 Å². The van der Waals surface area contributed by atoms with Gasteiger partial charge in [0.25, 0.3) is 0 Å². The van der Waals surface area contributed by atoms with Crippen molar-refractivity contribution in [3.8, 4) is 11.1 Å². The Morgan fingerprint density at radius 3 is 2.15 bits per heavy atom. The number of nitrogens with two attached hydrogens (primary N) is 3. The number of ketones is 1. The van der Waals surface area contributed by atoms with E-state index in [0.29, 0.717) is 19.3 Å². The van der Waals surface area contributed by atoms with Crippen LogP contribution in [-0.2, 0) is 35.1 Å². The molecule has 1 aromatic heterocycles. The number of ether oxygens (including phenoxy) is 1. The second-order valence-corrected chi connectivity index (χ2v) is 16.2. The summed E-state index contributed by atoms with van der Waals surface area (Å²) in [6, 6.07) is 19.3. The zero-order chi connectivity index (χ0) is 45.8. The molecular weight excluding hydrogens is 827 g/mol. The van der Waals surface area contributed by atoms with Gasteiger partial charge in [-0.1, -0.05) is 86.3 Å². The number of aromatic amines is 1. The molecule has 1 aliphatic carbocycles. The van der Waals surface area contributed by atoms with Gasteiger partial charge in [0, 0.05) is 54.9 Å². The first kappa shape index (κ1) is 48.8. The van der Waals surface area contributed by atoms with Crippen LogP contribution in [-0.4, -0.2) is 95.2 Å². The molecule has 3 aromatic carbocycles. The molecule has 1 aliphatic heterocycles. The van der Waals surface area contributed by atoms with Gasteiger partial charge in [-0.3, -0.25) is 29.0 Å². The molecule has 16 heteroatoms. The van der Waals surface area contributed by atoms with Gasteiger partial charge in [0.2, 0.25) is 23.6 Å². The van der Waals surface area contributed by atoms with Gasteiger partial charge in [-0.15, -0.1) is 13.2 Å². The number of fused-ring (bicyclic) bond motifs is 4. The predicted octanol–water partition coefficient (Wildman–Crippen LogP) is 4.48. The average molecular weight is 888 g/mol. The van der Waals surface area contributed by atoms with Gasteiger partial charge >= 0.3 is 6.09 Å². The zero-order valence-corrected chi connectivity index (χ0v) is 35.8. The Balaban J connectivity index is 0.00000793. The van der Waals surface area contributed by atoms with Crippen molar-refractivity contribution in [3.63, 3.8) is 0 Å². The number of carbonyl (C=O) groups is 6. The number of H-pyrrole nitrogens is 1. The second kappa shape index (κ2) is 22.9. The van der Waals surface area contributed by atoms with E-state index in [1.807, 2.05) is 72.8 Å². The molecule has 6 rings (SSSR count). The number of hydrogen-bond donors (Lipinski definition) is 7. The lowest BCUT2D eigenvalue weighted by atomic mass is 9.90. The highest BCUT2D eigenvalue weighted by Crippen LogP contribution is 2.44. The van der Waals surface area contributed by atoms with E-state index in [1.54, 1.807) is 6.20 Å². The third kappa shape index (κ3) is 12.1. The van der Waals surface area contributed by atoms with Crippen molar-refractivity contribution in [2.24, 2.45) is 28.1 Å². The molecule has 0 radical (unpaired) electrons. The van der Waals surface area contributed by atoms with Crippen LogP contribution in [0.4, 0.5) is 4.79 Å². The SMILES string of the molecule is C.C=CC[C@H](NC(=O)[C@H](CCCN=C(N)N)CC(=O)[C@H](Cc1c[nH]c2ccccc12)NC(=O)C1CCCN1C(=O)[C@H](CC=C)NC(=O)OCC1c2ccccc2-c2ccccc21)C(N)=O. The van der Waals surface area contributed by atoms with Crippen LogP contribution in [0.15, 0.2) is 109 Å². The minimum absolute atomic E-state index is 0. The van der Waals surface area contributed by atoms with E-state index >= 15 is 0 Å². The summed E-state index contributed by atoms with van der Waals surface area (Å²) in [5, 5.41) is 9.13. The Labute approximate surface area is 379 Å². The summed E-state index contributed by atoms with van der Waals surface area (Å²) in [6.45, 7) is 7.90. The van der Waals surface area contributed by atoms with E-state index in [1.165, 1.54) is 17.1 Å². The fraction of sp³-hybridized carbons (Fsp3) is 0.367. The molecule has 5 amide bonds. The summed E-state index contributed by atoms with van der Waals surface area (Å²) in [4.78, 5) is 90.8. The molecule has 344 valence electrons. The second-order valence-electron chi connectivity index (χ2n) is 16.2. The van der Waals surface area contributed by atoms with Crippen molar-refractivity contribution >= 4 is 52.4 Å². The van der Waals surface area contributed by atoms with Gasteiger partial charge in [-0.05, 0) is 72.4 Å². The normalized spacial score (nSPS) is 15.8. The van der Waals surface area contributed by atoms with Gasteiger partial charge in [0.15, 0.2) is 11.7 Å². The van der Waals surface area contributed by atoms with Crippen LogP contribution in [0.25, 0.3) is 22.0 Å². The highest BCUT2D eigenvalue weighted by atomic mass is 16.5. The first-order chi connectivity index (χ1) is 30.9. The number of amides is 5. The van der Waals surface area contributed by atoms with Crippen molar-refractivity contribution in [2.75, 3.05) is 19.7 Å². The fourth-order valence-electron chi connectivity index (χ4n) is 8.67. The average Bonchev–Trinajstić information content (AvgIpc) is 4.02. The third-order valence-corrected chi connectivity index (χ3v) is 11.9. The minimum atomic E-state index is -1.12. The number of nitrogens with one attached hydrogen (secondary N) is 4. The number of nitrogens with zero attached hydrogens (tertiary/aromatic N) is 2. The number of hydrogen-bond acceptors (Lipinski definition) is 8. The van der Waals surface area contributed by atoms with Crippen LogP contribution in [0.2, 0.25) is 0 Å². The Hall–Kier alpha value is -7.23. The van der Waals surface area contributed by atoms with E-state index in [4.69, 9.17) is 21.9 Å². The summed E-state index contributed by atoms with van der Waals surface area (Å²) in [5.41, 5.74) is 22.4. The standard InChI is InChI=1S/C48H57N9O7.CH4/c1-3-13-38(43(49)59)54-44(60)29(15-11-23-52-47(50)51)26-42(58)40(25-30-27-53-37-21-10-9-16-31(30)37)55-45(61)41-22-12-24-57(41)46(62)39(14-4-2)56-48(63)64-28-36-34-19-7-5-17-32(34)33-18-6-8-20-35(33)36;/h3-10,16-21,27,29,36,38-41,53H,1-2,11-15,22-26,28H2,(H2,49,59)(H,54,60)(H,55,61)(H,56,63)(H4,50,51,52);1H4/t29-,38+,39+,40+,41?;/m1./s1. The largest absolute Gasteiger partial charge is 0.449 e. The summed E-state index contributed by atoms with van der Waals surface area (Å²) < 4.78 is 5.75. The fourth-order valence-corrected chi connectivity index (χ4v) is 8.67. The number of Topliss-reactive ketones (excluding diaryl/α,β-unsaturated/α-hetero) is 1. The van der Waals surface area contributed by atoms with Crippen molar-refractivity contribution in [1.29, 1.82) is 0 Å². The number of aromatic nitrogens is 1. The van der Waals surface area contributed by atoms with Gasteiger partial charge in [0.1, 0.15) is 24.7 Å². The summed E-state index contributed by atoms with van der Waals surface area (Å²) in [7, 11) is 0. The Bertz CT molecular complexity index is 2360. The molecule has 1 fully saturated rings. The van der Waals surface area contributed by atoms with E-state index < -0.39 is 65.6 Å². The number of likely N-dealkylation sites (tertiary alicyclic amines) is 1. The summed E-state index contributed by atoms with van der Waals surface area (Å²) in [6.07, 6.45) is 5.19. The van der Waals surface area contributed by atoms with Crippen molar-refractivity contribution < 1.29 is 33.5 Å². The van der Waals surface area contributed by atoms with Crippen LogP contribution in [0, 0.1) is 5.92 Å². The molecule has 2 aliphatic rings. The predicted molar refractivity (Wildman–Crippen MR) is 251 cm³/mol. The number of alkyl carbamates (subject to hydrolysis) is 1. The summed E-state index contributed by atoms with van der Waals surface area (Å²) >= 11 is 0. The molecule has 0 bridgehead atoms. The smallest absolute Gasteiger partial charge is 0.407 e. The Morgan fingerprint density at radius 1 is 0.846 bits per heavy atom. The molecule has 0 spiro atoms. The minimum Gasteiger partial charge on any atom is -0.449 e. The van der Waals surface area contributed by atoms with E-state index in [0.717, 1.165) is 38.7 Å². The maximum absolute atomic E-state index is 14.4. The molecule has 4 aromatic rings. The lowest BCUT2D eigenvalue weighted by molar-refractivity contribution is -0.140. The highest BCUT2D eigenvalue weighted by Gasteiger charge is 2.40. The molecule has 65 heavy (non-hydrogen) atoms. The number of rotatable bonds is 22. The number of aliphatic imine (C=N–C) groups is 1. The molecule has 10 N–H and O–H groups in total. The lowest BCUT2D eigenvalue weighted by Gasteiger charge is -2.30. The molecule has 1 saturated heterocycles. The quantitative estimate of drug-likeness (QED) is 0.0254. The third-order valence-electron chi connectivity index (χ3n) is 11.9. The molecule has 16 nitrogen and oxygen atoms in total. The highest BCUT2D eigenvalue weighted by molar-refractivity contribution is 5.97. The van der Waals surface area contributed by atoms with Gasteiger partial charge in [-0.2, -0.15) is 0 Å². The van der Waals surface area contributed by atoms with Crippen molar-refractivity contribution in [2.45, 2.75) is 88.9 Å². The van der Waals surface area contributed by atoms with Crippen molar-refractivity contribution in [1.82, 2.24) is 25.8 Å². The zero-order valence-electron chi connectivity index (χ0n) is 35.8. The van der Waals surface area contributed by atoms with Crippen LogP contribution < -0.4 is 33.2 Å². The van der Waals surface area contributed by atoms with E-state index in [9.17, 15) is 28.8 Å². The van der Waals surface area contributed by atoms with Crippen molar-refractivity contribution in [3.05, 3.63) is 121 Å². The number of guanidine groups is 1. The first-order valence-electron chi connectivity index (χ1n) is 21.6. The molecule has 0 saturated carbocycles. The maximum Gasteiger partial charge on any atom is 0.407 e. The van der Waals surface area contributed by atoms with E-state index in [-0.39, 0.29) is 71.1 Å². The van der Waals surface area contributed by atoms with Gasteiger partial charge in [-0.25, -0.2) is 4.79 Å². The van der Waals surface area contributed by atoms with Gasteiger partial charge in [0.05, 0.1) is 6.04 Å². The number of primary amides is 1. The number of carbonyl (C=O) groups excluding carboxylic acids is 6. The topological polar surface area (TPSA) is 257 Å². The number of para-hydroxylation sites is 1. The first-order valence-corrected chi connectivity index (χ1v) is 21.6. The van der Waals surface area contributed by atoms with Crippen LogP contribution in [0.3, 0.4) is 0 Å². The molecular formula is C49H61N9O7. The Kier molecular flexibility index (Phi) is 17.2. The van der Waals surface area contributed by atoms with Crippen LogP contribution >= 0.6 is 0 Å². The van der Waals surface area contributed by atoms with E-state index in [2.05, 4.69) is 39.1 Å². The monoisotopic (exact) mass is 887 g/mol. The molecule has 2 heterocycles. The lowest BCUT2D eigenvalue weighted by Crippen LogP contribution is -2.55. The van der Waals surface area contributed by atoms with Crippen LogP contribution in [0.5, 0.6) is 0 Å².